The number of hydrogen-bond acceptors (Lipinski definition) is 3. The van der Waals surface area contributed by atoms with Gasteiger partial charge in [-0.1, -0.05) is 48.5 Å². The van der Waals surface area contributed by atoms with Crippen molar-refractivity contribution in [3.05, 3.63) is 102 Å². The Labute approximate surface area is 167 Å². The van der Waals surface area contributed by atoms with Crippen molar-refractivity contribution in [2.45, 2.75) is 0 Å². The molecule has 0 aliphatic rings. The molecular formula is C24H18N2O3. The van der Waals surface area contributed by atoms with Gasteiger partial charge in [0.15, 0.2) is 0 Å². The van der Waals surface area contributed by atoms with Gasteiger partial charge >= 0.3 is 0 Å². The van der Waals surface area contributed by atoms with Gasteiger partial charge in [-0.2, -0.15) is 0 Å². The summed E-state index contributed by atoms with van der Waals surface area (Å²) in [6, 6.07) is 26.4. The molecule has 0 heterocycles. The Morgan fingerprint density at radius 2 is 1.24 bits per heavy atom. The van der Waals surface area contributed by atoms with Crippen LogP contribution in [0.15, 0.2) is 91.0 Å². The standard InChI is InChI=1S/C24H18N2O3/c27-21-15-12-16-6-4-5-9-20(16)22(21)24(29)26-19-13-10-17(11-14-19)23(28)25-18-7-2-1-3-8-18/h1-15,27H,(H,25,28)(H,26,29). The first-order valence-electron chi connectivity index (χ1n) is 9.10. The van der Waals surface area contributed by atoms with Crippen molar-refractivity contribution in [3.63, 3.8) is 0 Å². The van der Waals surface area contributed by atoms with Gasteiger partial charge in [-0.25, -0.2) is 0 Å². The predicted octanol–water partition coefficient (Wildman–Crippen LogP) is 5.05. The lowest BCUT2D eigenvalue weighted by molar-refractivity contribution is 0.101. The zero-order valence-corrected chi connectivity index (χ0v) is 15.4. The Kier molecular flexibility index (Phi) is 4.95. The Balaban J connectivity index is 1.51. The molecule has 29 heavy (non-hydrogen) atoms. The molecule has 0 aromatic heterocycles. The minimum atomic E-state index is -0.416. The number of carbonyl (C=O) groups is 2. The van der Waals surface area contributed by atoms with Gasteiger partial charge < -0.3 is 15.7 Å². The van der Waals surface area contributed by atoms with Gasteiger partial charge in [-0.3, -0.25) is 9.59 Å². The van der Waals surface area contributed by atoms with Crippen LogP contribution < -0.4 is 10.6 Å². The van der Waals surface area contributed by atoms with Crippen molar-refractivity contribution in [1.29, 1.82) is 0 Å². The zero-order chi connectivity index (χ0) is 20.2. The van der Waals surface area contributed by atoms with Crippen LogP contribution in [0.5, 0.6) is 5.75 Å². The maximum absolute atomic E-state index is 12.8. The average Bonchev–Trinajstić information content (AvgIpc) is 2.74. The summed E-state index contributed by atoms with van der Waals surface area (Å²) in [4.78, 5) is 25.1. The number of hydrogen-bond donors (Lipinski definition) is 3. The molecule has 4 aromatic carbocycles. The van der Waals surface area contributed by atoms with E-state index in [4.69, 9.17) is 0 Å². The van der Waals surface area contributed by atoms with Crippen LogP contribution in [0.3, 0.4) is 0 Å². The maximum Gasteiger partial charge on any atom is 0.260 e. The van der Waals surface area contributed by atoms with Crippen molar-refractivity contribution >= 4 is 34.0 Å². The van der Waals surface area contributed by atoms with Crippen LogP contribution in [0.25, 0.3) is 10.8 Å². The fourth-order valence-electron chi connectivity index (χ4n) is 3.12. The number of para-hydroxylation sites is 1. The molecule has 0 radical (unpaired) electrons. The van der Waals surface area contributed by atoms with E-state index in [9.17, 15) is 14.7 Å². The normalized spacial score (nSPS) is 10.5. The first kappa shape index (κ1) is 18.3. The van der Waals surface area contributed by atoms with Crippen LogP contribution in [-0.2, 0) is 0 Å². The second kappa shape index (κ2) is 7.86. The molecule has 142 valence electrons. The molecule has 0 atom stereocenters. The van der Waals surface area contributed by atoms with Gasteiger partial charge in [0.05, 0.1) is 5.56 Å². The highest BCUT2D eigenvalue weighted by Crippen LogP contribution is 2.28. The quantitative estimate of drug-likeness (QED) is 0.462. The summed E-state index contributed by atoms with van der Waals surface area (Å²) in [5.41, 5.74) is 1.92. The van der Waals surface area contributed by atoms with Gasteiger partial charge in [0, 0.05) is 16.9 Å². The van der Waals surface area contributed by atoms with Crippen molar-refractivity contribution in [3.8, 4) is 5.75 Å². The first-order valence-corrected chi connectivity index (χ1v) is 9.10. The summed E-state index contributed by atoms with van der Waals surface area (Å²) in [5, 5.41) is 17.3. The molecule has 0 unspecified atom stereocenters. The lowest BCUT2D eigenvalue weighted by Gasteiger charge is -2.11. The van der Waals surface area contributed by atoms with Crippen LogP contribution >= 0.6 is 0 Å². The highest BCUT2D eigenvalue weighted by Gasteiger charge is 2.15. The average molecular weight is 382 g/mol. The smallest absolute Gasteiger partial charge is 0.260 e. The molecule has 0 spiro atoms. The first-order chi connectivity index (χ1) is 14.1. The monoisotopic (exact) mass is 382 g/mol. The molecule has 3 N–H and O–H groups in total. The third kappa shape index (κ3) is 3.94. The summed E-state index contributed by atoms with van der Waals surface area (Å²) in [6.45, 7) is 0. The Morgan fingerprint density at radius 3 is 2.00 bits per heavy atom. The fraction of sp³-hybridized carbons (Fsp3) is 0. The number of phenolic OH excluding ortho intramolecular Hbond substituents is 1. The van der Waals surface area contributed by atoms with Gasteiger partial charge in [-0.05, 0) is 53.2 Å². The number of aromatic hydroxyl groups is 1. The number of anilines is 2. The summed E-state index contributed by atoms with van der Waals surface area (Å²) in [5.74, 6) is -0.735. The van der Waals surface area contributed by atoms with Crippen LogP contribution in [-0.4, -0.2) is 16.9 Å². The number of rotatable bonds is 4. The lowest BCUT2D eigenvalue weighted by Crippen LogP contribution is -2.14. The fourth-order valence-corrected chi connectivity index (χ4v) is 3.12. The number of nitrogens with one attached hydrogen (secondary N) is 2. The molecule has 5 nitrogen and oxygen atoms in total. The van der Waals surface area contributed by atoms with Crippen LogP contribution in [0, 0.1) is 0 Å². The van der Waals surface area contributed by atoms with Gasteiger partial charge in [0.1, 0.15) is 5.75 Å². The molecule has 4 aromatic rings. The molecule has 0 aliphatic heterocycles. The molecule has 0 saturated carbocycles. The molecule has 5 heteroatoms. The molecular weight excluding hydrogens is 364 g/mol. The highest BCUT2D eigenvalue weighted by molar-refractivity contribution is 6.15. The maximum atomic E-state index is 12.8. The van der Waals surface area contributed by atoms with Crippen LogP contribution in [0.4, 0.5) is 11.4 Å². The Morgan fingerprint density at radius 1 is 0.621 bits per heavy atom. The zero-order valence-electron chi connectivity index (χ0n) is 15.4. The summed E-state index contributed by atoms with van der Waals surface area (Å²) in [6.07, 6.45) is 0. The molecule has 0 saturated heterocycles. The van der Waals surface area contributed by atoms with Gasteiger partial charge in [-0.15, -0.1) is 0 Å². The van der Waals surface area contributed by atoms with Gasteiger partial charge in [0.2, 0.25) is 0 Å². The van der Waals surface area contributed by atoms with E-state index in [1.165, 1.54) is 6.07 Å². The van der Waals surface area contributed by atoms with Crippen LogP contribution in [0.1, 0.15) is 20.7 Å². The van der Waals surface area contributed by atoms with E-state index in [0.717, 1.165) is 5.39 Å². The Hall–Kier alpha value is -4.12. The third-order valence-corrected chi connectivity index (χ3v) is 4.57. The largest absolute Gasteiger partial charge is 0.507 e. The van der Waals surface area contributed by atoms with Gasteiger partial charge in [0.25, 0.3) is 11.8 Å². The SMILES string of the molecule is O=C(Nc1ccccc1)c1ccc(NC(=O)c2c(O)ccc3ccccc23)cc1. The summed E-state index contributed by atoms with van der Waals surface area (Å²) in [7, 11) is 0. The third-order valence-electron chi connectivity index (χ3n) is 4.57. The van der Waals surface area contributed by atoms with Crippen LogP contribution in [0.2, 0.25) is 0 Å². The minimum absolute atomic E-state index is 0.0833. The number of carbonyl (C=O) groups excluding carboxylic acids is 2. The van der Waals surface area contributed by atoms with Crippen molar-refractivity contribution < 1.29 is 14.7 Å². The second-order valence-electron chi connectivity index (χ2n) is 6.53. The molecule has 0 bridgehead atoms. The molecule has 0 fully saturated rings. The van der Waals surface area contributed by atoms with Crippen molar-refractivity contribution in [1.82, 2.24) is 0 Å². The van der Waals surface area contributed by atoms with E-state index in [-0.39, 0.29) is 17.2 Å². The predicted molar refractivity (Wildman–Crippen MR) is 114 cm³/mol. The molecule has 0 aliphatic carbocycles. The van der Waals surface area contributed by atoms with E-state index < -0.39 is 5.91 Å². The van der Waals surface area contributed by atoms with Crippen molar-refractivity contribution in [2.75, 3.05) is 10.6 Å². The van der Waals surface area contributed by atoms with E-state index in [0.29, 0.717) is 22.3 Å². The number of amides is 2. The van der Waals surface area contributed by atoms with Crippen molar-refractivity contribution in [2.24, 2.45) is 0 Å². The molecule has 2 amide bonds. The second-order valence-corrected chi connectivity index (χ2v) is 6.53. The number of benzene rings is 4. The number of fused-ring (bicyclic) bond motifs is 1. The van der Waals surface area contributed by atoms with E-state index in [2.05, 4.69) is 10.6 Å². The summed E-state index contributed by atoms with van der Waals surface area (Å²) < 4.78 is 0. The molecule has 4 rings (SSSR count). The summed E-state index contributed by atoms with van der Waals surface area (Å²) >= 11 is 0. The highest BCUT2D eigenvalue weighted by atomic mass is 16.3. The van der Waals surface area contributed by atoms with E-state index in [1.54, 1.807) is 36.4 Å². The Bertz CT molecular complexity index is 1190. The van der Waals surface area contributed by atoms with E-state index in [1.807, 2.05) is 48.5 Å². The number of phenols is 1. The van der Waals surface area contributed by atoms with E-state index >= 15 is 0 Å². The lowest BCUT2D eigenvalue weighted by atomic mass is 10.0. The minimum Gasteiger partial charge on any atom is -0.507 e. The topological polar surface area (TPSA) is 78.4 Å².